The van der Waals surface area contributed by atoms with Gasteiger partial charge in [-0.1, -0.05) is 29.8 Å². The Morgan fingerprint density at radius 1 is 0.966 bits per heavy atom. The fourth-order valence-corrected chi connectivity index (χ4v) is 2.91. The van der Waals surface area contributed by atoms with Gasteiger partial charge in [-0.2, -0.15) is 0 Å². The Morgan fingerprint density at radius 2 is 1.62 bits per heavy atom. The SMILES string of the molecule is CCOc1ccc(/C=C/c2cccc[n+]2C)cc1.Cc1ccc(S(=O)(=O)[O-])cc1. The number of hydrogen-bond acceptors (Lipinski definition) is 4. The van der Waals surface area contributed by atoms with Gasteiger partial charge in [-0.15, -0.1) is 0 Å². The van der Waals surface area contributed by atoms with Crippen molar-refractivity contribution >= 4 is 22.3 Å². The lowest BCUT2D eigenvalue weighted by Crippen LogP contribution is -2.30. The number of benzene rings is 2. The molecule has 0 atom stereocenters. The van der Waals surface area contributed by atoms with Gasteiger partial charge in [0.1, 0.15) is 22.9 Å². The predicted octanol–water partition coefficient (Wildman–Crippen LogP) is 3.98. The van der Waals surface area contributed by atoms with Gasteiger partial charge in [0.15, 0.2) is 6.20 Å². The zero-order chi connectivity index (χ0) is 21.3. The van der Waals surface area contributed by atoms with Crippen LogP contribution >= 0.6 is 0 Å². The molecule has 0 aliphatic carbocycles. The quantitative estimate of drug-likeness (QED) is 0.470. The Kier molecular flexibility index (Phi) is 8.12. The van der Waals surface area contributed by atoms with Crippen LogP contribution in [-0.2, 0) is 17.2 Å². The highest BCUT2D eigenvalue weighted by molar-refractivity contribution is 7.85. The molecular weight excluding hydrogens is 386 g/mol. The first-order valence-electron chi connectivity index (χ1n) is 9.18. The first-order valence-corrected chi connectivity index (χ1v) is 10.6. The van der Waals surface area contributed by atoms with Gasteiger partial charge in [0.05, 0.1) is 11.5 Å². The average Bonchev–Trinajstić information content (AvgIpc) is 2.69. The monoisotopic (exact) mass is 411 g/mol. The van der Waals surface area contributed by atoms with Crippen molar-refractivity contribution in [2.24, 2.45) is 7.05 Å². The second-order valence-electron chi connectivity index (χ2n) is 6.34. The number of aryl methyl sites for hydroxylation is 2. The molecule has 0 aliphatic rings. The average molecular weight is 412 g/mol. The van der Waals surface area contributed by atoms with Gasteiger partial charge in [0.2, 0.25) is 5.69 Å². The minimum atomic E-state index is -4.27. The van der Waals surface area contributed by atoms with Crippen molar-refractivity contribution in [3.63, 3.8) is 0 Å². The van der Waals surface area contributed by atoms with Crippen molar-refractivity contribution in [2.75, 3.05) is 6.61 Å². The second-order valence-corrected chi connectivity index (χ2v) is 7.72. The van der Waals surface area contributed by atoms with Crippen molar-refractivity contribution in [3.8, 4) is 5.75 Å². The molecule has 0 saturated carbocycles. The highest BCUT2D eigenvalue weighted by atomic mass is 32.2. The smallest absolute Gasteiger partial charge is 0.204 e. The van der Waals surface area contributed by atoms with E-state index in [0.29, 0.717) is 6.61 Å². The highest BCUT2D eigenvalue weighted by Crippen LogP contribution is 2.13. The van der Waals surface area contributed by atoms with E-state index in [1.165, 1.54) is 23.4 Å². The molecule has 0 radical (unpaired) electrons. The van der Waals surface area contributed by atoms with Crippen molar-refractivity contribution in [1.82, 2.24) is 0 Å². The maximum Gasteiger partial charge on any atom is 0.204 e. The van der Waals surface area contributed by atoms with Crippen molar-refractivity contribution in [3.05, 3.63) is 89.7 Å². The maximum atomic E-state index is 10.4. The molecule has 2 aromatic carbocycles. The van der Waals surface area contributed by atoms with Crippen LogP contribution in [-0.4, -0.2) is 19.6 Å². The summed E-state index contributed by atoms with van der Waals surface area (Å²) in [7, 11) is -2.23. The Hall–Kier alpha value is -2.96. The van der Waals surface area contributed by atoms with Crippen LogP contribution in [0, 0.1) is 6.92 Å². The predicted molar refractivity (Wildman–Crippen MR) is 113 cm³/mol. The Balaban J connectivity index is 0.000000234. The van der Waals surface area contributed by atoms with Gasteiger partial charge in [-0.3, -0.25) is 0 Å². The van der Waals surface area contributed by atoms with E-state index in [-0.39, 0.29) is 4.90 Å². The Morgan fingerprint density at radius 3 is 2.17 bits per heavy atom. The largest absolute Gasteiger partial charge is 0.744 e. The van der Waals surface area contributed by atoms with Crippen LogP contribution < -0.4 is 9.30 Å². The van der Waals surface area contributed by atoms with Crippen molar-refractivity contribution in [2.45, 2.75) is 18.7 Å². The van der Waals surface area contributed by atoms with Gasteiger partial charge in [0, 0.05) is 18.2 Å². The summed E-state index contributed by atoms with van der Waals surface area (Å²) < 4.78 is 38.7. The van der Waals surface area contributed by atoms with Crippen LogP contribution in [0.15, 0.2) is 77.8 Å². The molecule has 0 amide bonds. The van der Waals surface area contributed by atoms with Crippen molar-refractivity contribution < 1.29 is 22.3 Å². The van der Waals surface area contributed by atoms with Crippen LogP contribution in [0.1, 0.15) is 23.7 Å². The first kappa shape index (κ1) is 22.3. The Bertz CT molecular complexity index is 1040. The lowest BCUT2D eigenvalue weighted by atomic mass is 10.2. The third-order valence-corrected chi connectivity index (χ3v) is 4.89. The lowest BCUT2D eigenvalue weighted by Gasteiger charge is -2.05. The zero-order valence-electron chi connectivity index (χ0n) is 16.8. The summed E-state index contributed by atoms with van der Waals surface area (Å²) >= 11 is 0. The highest BCUT2D eigenvalue weighted by Gasteiger charge is 1.99. The summed E-state index contributed by atoms with van der Waals surface area (Å²) in [5, 5.41) is 0. The number of nitrogens with zero attached hydrogens (tertiary/aromatic N) is 1. The topological polar surface area (TPSA) is 70.3 Å². The molecule has 0 N–H and O–H groups in total. The third-order valence-electron chi connectivity index (χ3n) is 4.04. The molecule has 152 valence electrons. The molecule has 5 nitrogen and oxygen atoms in total. The van der Waals surface area contributed by atoms with Gasteiger partial charge >= 0.3 is 0 Å². The van der Waals surface area contributed by atoms with Gasteiger partial charge in [0.25, 0.3) is 0 Å². The molecule has 6 heteroatoms. The molecule has 1 heterocycles. The zero-order valence-corrected chi connectivity index (χ0v) is 17.6. The van der Waals surface area contributed by atoms with Gasteiger partial charge in [-0.25, -0.2) is 13.0 Å². The molecule has 0 spiro atoms. The number of pyridine rings is 1. The Labute approximate surface area is 172 Å². The van der Waals surface area contributed by atoms with E-state index < -0.39 is 10.1 Å². The molecule has 1 aromatic heterocycles. The van der Waals surface area contributed by atoms with E-state index in [9.17, 15) is 13.0 Å². The minimum absolute atomic E-state index is 0.178. The van der Waals surface area contributed by atoms with Crippen LogP contribution in [0.25, 0.3) is 12.2 Å². The molecule has 3 aromatic rings. The number of aromatic nitrogens is 1. The third kappa shape index (κ3) is 7.52. The van der Waals surface area contributed by atoms with E-state index in [0.717, 1.165) is 11.3 Å². The number of ether oxygens (including phenoxy) is 1. The molecule has 0 saturated heterocycles. The number of hydrogen-bond donors (Lipinski definition) is 0. The van der Waals surface area contributed by atoms with E-state index in [1.807, 2.05) is 51.4 Å². The summed E-state index contributed by atoms with van der Waals surface area (Å²) in [6.45, 7) is 4.51. The maximum absolute atomic E-state index is 10.4. The standard InChI is InChI=1S/C16H18NO.C7H8O3S/c1-3-18-16-11-8-14(9-12-16)7-10-15-6-4-5-13-17(15)2;1-6-2-4-7(5-3-6)11(8,9)10/h4-13H,3H2,1-2H3;2-5H,1H3,(H,8,9,10)/q+1;/p-1/b10-7+;. The summed E-state index contributed by atoms with van der Waals surface area (Å²) in [5.41, 5.74) is 3.27. The van der Waals surface area contributed by atoms with Crippen LogP contribution in [0.2, 0.25) is 0 Å². The second kappa shape index (κ2) is 10.5. The molecule has 29 heavy (non-hydrogen) atoms. The molecule has 3 rings (SSSR count). The van der Waals surface area contributed by atoms with E-state index in [2.05, 4.69) is 34.9 Å². The fourth-order valence-electron chi connectivity index (χ4n) is 2.44. The summed E-state index contributed by atoms with van der Waals surface area (Å²) in [4.78, 5) is -0.178. The molecule has 0 fully saturated rings. The van der Waals surface area contributed by atoms with E-state index in [4.69, 9.17) is 4.74 Å². The lowest BCUT2D eigenvalue weighted by molar-refractivity contribution is -0.673. The van der Waals surface area contributed by atoms with Gasteiger partial charge < -0.3 is 9.29 Å². The van der Waals surface area contributed by atoms with Crippen LogP contribution in [0.5, 0.6) is 5.75 Å². The van der Waals surface area contributed by atoms with Crippen molar-refractivity contribution in [1.29, 1.82) is 0 Å². The molecule has 0 bridgehead atoms. The first-order chi connectivity index (χ1) is 13.8. The normalized spacial score (nSPS) is 11.0. The summed E-state index contributed by atoms with van der Waals surface area (Å²) in [6.07, 6.45) is 6.25. The summed E-state index contributed by atoms with van der Waals surface area (Å²) in [5.74, 6) is 0.917. The molecular formula is C23H25NO4S. The van der Waals surface area contributed by atoms with Crippen LogP contribution in [0.4, 0.5) is 0 Å². The van der Waals surface area contributed by atoms with Crippen LogP contribution in [0.3, 0.4) is 0 Å². The minimum Gasteiger partial charge on any atom is -0.744 e. The number of rotatable bonds is 5. The summed E-state index contributed by atoms with van der Waals surface area (Å²) in [6, 6.07) is 20.0. The molecule has 0 unspecified atom stereocenters. The molecule has 0 aliphatic heterocycles. The van der Waals surface area contributed by atoms with E-state index in [1.54, 1.807) is 12.1 Å². The fraction of sp³-hybridized carbons (Fsp3) is 0.174. The van der Waals surface area contributed by atoms with E-state index >= 15 is 0 Å². The van der Waals surface area contributed by atoms with Gasteiger partial charge in [-0.05, 0) is 55.8 Å².